The van der Waals surface area contributed by atoms with Crippen molar-refractivity contribution in [2.75, 3.05) is 7.11 Å². The van der Waals surface area contributed by atoms with E-state index in [1.807, 2.05) is 0 Å². The molecule has 10 nitrogen and oxygen atoms in total. The van der Waals surface area contributed by atoms with Gasteiger partial charge in [0, 0.05) is 29.1 Å². The van der Waals surface area contributed by atoms with Crippen molar-refractivity contribution >= 4 is 5.69 Å². The zero-order valence-corrected chi connectivity index (χ0v) is 14.3. The summed E-state index contributed by atoms with van der Waals surface area (Å²) in [5.41, 5.74) is 0.973. The van der Waals surface area contributed by atoms with Crippen LogP contribution in [-0.2, 0) is 0 Å². The van der Waals surface area contributed by atoms with Gasteiger partial charge in [0.15, 0.2) is 0 Å². The lowest BCUT2D eigenvalue weighted by atomic mass is 9.84. The van der Waals surface area contributed by atoms with Gasteiger partial charge in [0.2, 0.25) is 0 Å². The first-order valence-corrected chi connectivity index (χ1v) is 7.71. The summed E-state index contributed by atoms with van der Waals surface area (Å²) >= 11 is 0. The number of hydrogen-bond acceptors (Lipinski definition) is 5. The van der Waals surface area contributed by atoms with Gasteiger partial charge in [0.25, 0.3) is 16.8 Å². The molecule has 0 spiro atoms. The first-order chi connectivity index (χ1) is 12.3. The molecule has 0 aliphatic heterocycles. The molecule has 0 aliphatic rings. The smallest absolute Gasteiger partial charge is 0.270 e. The third-order valence-electron chi connectivity index (χ3n) is 4.34. The van der Waals surface area contributed by atoms with Crippen LogP contribution in [0, 0.1) is 24.0 Å². The van der Waals surface area contributed by atoms with Crippen LogP contribution in [0.15, 0.2) is 27.8 Å². The van der Waals surface area contributed by atoms with Crippen molar-refractivity contribution in [3.8, 4) is 5.75 Å². The van der Waals surface area contributed by atoms with Crippen LogP contribution in [0.4, 0.5) is 5.69 Å². The average Bonchev–Trinajstić information content (AvgIpc) is 3.12. The molecule has 0 bridgehead atoms. The number of nitrogens with one attached hydrogen (secondary N) is 4. The molecular weight excluding hydrogens is 342 g/mol. The third-order valence-corrected chi connectivity index (χ3v) is 4.34. The van der Waals surface area contributed by atoms with Crippen molar-refractivity contribution in [1.29, 1.82) is 0 Å². The van der Waals surface area contributed by atoms with Crippen molar-refractivity contribution < 1.29 is 9.66 Å². The van der Waals surface area contributed by atoms with Crippen LogP contribution < -0.4 is 15.9 Å². The zero-order valence-electron chi connectivity index (χ0n) is 14.3. The summed E-state index contributed by atoms with van der Waals surface area (Å²) in [4.78, 5) is 35.5. The molecule has 0 radical (unpaired) electrons. The number of aromatic amines is 4. The Hall–Kier alpha value is -3.56. The van der Waals surface area contributed by atoms with Gasteiger partial charge in [-0.05, 0) is 19.9 Å². The minimum Gasteiger partial charge on any atom is -0.496 e. The SMILES string of the molecule is COc1ccc([N+](=O)[O-])cc1C(c1c(C)[nH][nH]c1=O)c1c(C)[nH][nH]c1=O. The standard InChI is InChI=1S/C16H17N5O5/c1-7-12(15(22)19-17-7)14(13-8(2)18-20-16(13)23)10-6-9(21(24)25)4-5-11(10)26-3/h4-6,14H,1-3H3,(H2,17,19,22)(H2,18,20,23). The van der Waals surface area contributed by atoms with Crippen LogP contribution in [-0.4, -0.2) is 32.4 Å². The molecule has 2 heterocycles. The van der Waals surface area contributed by atoms with E-state index in [0.717, 1.165) is 0 Å². The van der Waals surface area contributed by atoms with Crippen molar-refractivity contribution in [3.05, 3.63) is 77.1 Å². The number of ether oxygens (including phenoxy) is 1. The molecule has 0 fully saturated rings. The van der Waals surface area contributed by atoms with E-state index in [1.165, 1.54) is 25.3 Å². The molecule has 1 aromatic carbocycles. The quantitative estimate of drug-likeness (QED) is 0.401. The first kappa shape index (κ1) is 17.3. The molecule has 26 heavy (non-hydrogen) atoms. The van der Waals surface area contributed by atoms with E-state index in [4.69, 9.17) is 4.74 Å². The number of methoxy groups -OCH3 is 1. The van der Waals surface area contributed by atoms with Crippen molar-refractivity contribution in [2.45, 2.75) is 19.8 Å². The van der Waals surface area contributed by atoms with Crippen LogP contribution >= 0.6 is 0 Å². The van der Waals surface area contributed by atoms with E-state index in [-0.39, 0.29) is 16.8 Å². The molecule has 0 saturated carbocycles. The topological polar surface area (TPSA) is 150 Å². The largest absolute Gasteiger partial charge is 0.496 e. The second-order valence-electron chi connectivity index (χ2n) is 5.85. The van der Waals surface area contributed by atoms with Crippen LogP contribution in [0.3, 0.4) is 0 Å². The van der Waals surface area contributed by atoms with Crippen molar-refractivity contribution in [1.82, 2.24) is 20.4 Å². The molecule has 0 atom stereocenters. The third kappa shape index (κ3) is 2.70. The molecular formula is C16H17N5O5. The molecule has 3 aromatic rings. The minimum absolute atomic E-state index is 0.167. The minimum atomic E-state index is -0.852. The number of hydrogen-bond donors (Lipinski definition) is 4. The maximum absolute atomic E-state index is 12.4. The van der Waals surface area contributed by atoms with Gasteiger partial charge in [-0.1, -0.05) is 0 Å². The summed E-state index contributed by atoms with van der Waals surface area (Å²) in [6, 6.07) is 4.08. The highest BCUT2D eigenvalue weighted by atomic mass is 16.6. The Morgan fingerprint density at radius 2 is 1.54 bits per heavy atom. The van der Waals surface area contributed by atoms with Gasteiger partial charge < -0.3 is 14.9 Å². The second-order valence-corrected chi connectivity index (χ2v) is 5.85. The Morgan fingerprint density at radius 3 is 1.92 bits per heavy atom. The van der Waals surface area contributed by atoms with Gasteiger partial charge >= 0.3 is 0 Å². The van der Waals surface area contributed by atoms with Crippen LogP contribution in [0.2, 0.25) is 0 Å². The molecule has 136 valence electrons. The Bertz CT molecular complexity index is 1030. The van der Waals surface area contributed by atoms with Gasteiger partial charge in [0.1, 0.15) is 5.75 Å². The molecule has 0 unspecified atom stereocenters. The maximum Gasteiger partial charge on any atom is 0.270 e. The van der Waals surface area contributed by atoms with E-state index < -0.39 is 22.0 Å². The number of aromatic nitrogens is 4. The molecule has 4 N–H and O–H groups in total. The predicted octanol–water partition coefficient (Wildman–Crippen LogP) is 1.43. The lowest BCUT2D eigenvalue weighted by molar-refractivity contribution is -0.384. The van der Waals surface area contributed by atoms with Crippen LogP contribution in [0.25, 0.3) is 0 Å². The monoisotopic (exact) mass is 359 g/mol. The highest BCUT2D eigenvalue weighted by Crippen LogP contribution is 2.38. The molecule has 3 rings (SSSR count). The Balaban J connectivity index is 2.40. The van der Waals surface area contributed by atoms with E-state index in [1.54, 1.807) is 13.8 Å². The first-order valence-electron chi connectivity index (χ1n) is 7.71. The number of rotatable bonds is 5. The lowest BCUT2D eigenvalue weighted by Gasteiger charge is -2.18. The number of nitro benzene ring substituents is 1. The number of non-ortho nitro benzene ring substituents is 1. The van der Waals surface area contributed by atoms with Gasteiger partial charge in [-0.2, -0.15) is 0 Å². The maximum atomic E-state index is 12.4. The second kappa shape index (κ2) is 6.39. The van der Waals surface area contributed by atoms with Crippen LogP contribution in [0.1, 0.15) is 34.0 Å². The van der Waals surface area contributed by atoms with Crippen molar-refractivity contribution in [3.63, 3.8) is 0 Å². The van der Waals surface area contributed by atoms with Gasteiger partial charge in [-0.3, -0.25) is 29.9 Å². The number of H-pyrrole nitrogens is 4. The molecule has 0 amide bonds. The number of benzene rings is 1. The fourth-order valence-corrected chi connectivity index (χ4v) is 3.12. The predicted molar refractivity (Wildman–Crippen MR) is 92.9 cm³/mol. The molecule has 10 heteroatoms. The fourth-order valence-electron chi connectivity index (χ4n) is 3.12. The van der Waals surface area contributed by atoms with Gasteiger partial charge in [-0.15, -0.1) is 0 Å². The summed E-state index contributed by atoms with van der Waals surface area (Å²) < 4.78 is 5.35. The highest BCUT2D eigenvalue weighted by molar-refractivity contribution is 5.54. The van der Waals surface area contributed by atoms with E-state index in [9.17, 15) is 19.7 Å². The lowest BCUT2D eigenvalue weighted by Crippen LogP contribution is -2.21. The highest BCUT2D eigenvalue weighted by Gasteiger charge is 2.31. The molecule has 2 aromatic heterocycles. The summed E-state index contributed by atoms with van der Waals surface area (Å²) in [5.74, 6) is -0.518. The van der Waals surface area contributed by atoms with E-state index in [2.05, 4.69) is 20.4 Å². The fraction of sp³-hybridized carbons (Fsp3) is 0.250. The average molecular weight is 359 g/mol. The summed E-state index contributed by atoms with van der Waals surface area (Å²) in [6.45, 7) is 3.36. The van der Waals surface area contributed by atoms with Crippen LogP contribution in [0.5, 0.6) is 5.75 Å². The van der Waals surface area contributed by atoms with Gasteiger partial charge in [-0.25, -0.2) is 0 Å². The number of nitrogens with zero attached hydrogens (tertiary/aromatic N) is 1. The summed E-state index contributed by atoms with van der Waals surface area (Å²) in [7, 11) is 1.42. The van der Waals surface area contributed by atoms with Gasteiger partial charge in [0.05, 0.1) is 29.1 Å². The van der Waals surface area contributed by atoms with Crippen molar-refractivity contribution in [2.24, 2.45) is 0 Å². The normalized spacial score (nSPS) is 11.1. The Labute approximate surface area is 146 Å². The Morgan fingerprint density at radius 1 is 1.00 bits per heavy atom. The molecule has 0 saturated heterocycles. The number of aryl methyl sites for hydroxylation is 2. The summed E-state index contributed by atoms with van der Waals surface area (Å²) in [5, 5.41) is 21.7. The van der Waals surface area contributed by atoms with E-state index >= 15 is 0 Å². The summed E-state index contributed by atoms with van der Waals surface area (Å²) in [6.07, 6.45) is 0. The zero-order chi connectivity index (χ0) is 19.0. The van der Waals surface area contributed by atoms with E-state index in [0.29, 0.717) is 22.7 Å². The molecule has 0 aliphatic carbocycles. The Kier molecular flexibility index (Phi) is 4.24. The number of nitro groups is 1.